The first kappa shape index (κ1) is 12.4. The quantitative estimate of drug-likeness (QED) is 0.849. The predicted molar refractivity (Wildman–Crippen MR) is 75.0 cm³/mol. The van der Waals surface area contributed by atoms with Crippen molar-refractivity contribution in [3.05, 3.63) is 59.1 Å². The van der Waals surface area contributed by atoms with Crippen molar-refractivity contribution in [1.82, 2.24) is 4.98 Å². The number of hydrogen-bond acceptors (Lipinski definition) is 2. The molecule has 0 spiro atoms. The van der Waals surface area contributed by atoms with Crippen LogP contribution in [-0.2, 0) is 0 Å². The Morgan fingerprint density at radius 3 is 2.63 bits per heavy atom. The number of benzene rings is 1. The summed E-state index contributed by atoms with van der Waals surface area (Å²) in [6.07, 6.45) is 3.61. The number of pyridine rings is 1. The molecule has 19 heavy (non-hydrogen) atoms. The zero-order chi connectivity index (χ0) is 13.2. The van der Waals surface area contributed by atoms with Crippen LogP contribution in [0.25, 0.3) is 0 Å². The molecule has 0 radical (unpaired) electrons. The fourth-order valence-corrected chi connectivity index (χ4v) is 2.78. The molecule has 1 aliphatic carbocycles. The van der Waals surface area contributed by atoms with Crippen molar-refractivity contribution in [1.29, 1.82) is 0 Å². The highest BCUT2D eigenvalue weighted by atomic mass is 35.5. The van der Waals surface area contributed by atoms with E-state index in [1.165, 1.54) is 17.8 Å². The second kappa shape index (κ2) is 5.17. The van der Waals surface area contributed by atoms with E-state index in [4.69, 9.17) is 11.6 Å². The normalized spacial score (nSPS) is 21.8. The third kappa shape index (κ3) is 2.71. The smallest absolute Gasteiger partial charge is 0.212 e. The average Bonchev–Trinajstić information content (AvgIpc) is 2.37. The van der Waals surface area contributed by atoms with E-state index >= 15 is 0 Å². The second-order valence-electron chi connectivity index (χ2n) is 4.90. The molecule has 1 saturated carbocycles. The standard InChI is InChI=1S/C15H14ClFN2/c16-14-4-2-1-3-13(14)10-7-12(8-10)19-11-5-6-15(17)18-9-11/h1-6,9-10,12,19H,7-8H2. The molecule has 0 unspecified atom stereocenters. The van der Waals surface area contributed by atoms with Crippen LogP contribution in [0.4, 0.5) is 10.1 Å². The van der Waals surface area contributed by atoms with E-state index in [2.05, 4.69) is 16.4 Å². The average molecular weight is 277 g/mol. The van der Waals surface area contributed by atoms with Gasteiger partial charge in [0, 0.05) is 11.1 Å². The number of nitrogens with one attached hydrogen (secondary N) is 1. The molecule has 0 amide bonds. The second-order valence-corrected chi connectivity index (χ2v) is 5.31. The molecule has 0 saturated heterocycles. The SMILES string of the molecule is Fc1ccc(NC2CC(c3ccccc3Cl)C2)cn1. The molecule has 0 aliphatic heterocycles. The van der Waals surface area contributed by atoms with E-state index in [9.17, 15) is 4.39 Å². The van der Waals surface area contributed by atoms with E-state index in [-0.39, 0.29) is 0 Å². The Kier molecular flexibility index (Phi) is 3.38. The lowest BCUT2D eigenvalue weighted by Crippen LogP contribution is -2.34. The summed E-state index contributed by atoms with van der Waals surface area (Å²) in [5.74, 6) is 0.0627. The fourth-order valence-electron chi connectivity index (χ4n) is 2.49. The maximum atomic E-state index is 12.7. The first-order chi connectivity index (χ1) is 9.22. The number of halogens is 2. The molecule has 0 atom stereocenters. The monoisotopic (exact) mass is 276 g/mol. The minimum absolute atomic E-state index is 0.411. The minimum Gasteiger partial charge on any atom is -0.381 e. The molecule has 0 bridgehead atoms. The highest BCUT2D eigenvalue weighted by Crippen LogP contribution is 2.41. The molecule has 1 aromatic heterocycles. The van der Waals surface area contributed by atoms with Crippen molar-refractivity contribution in [2.75, 3.05) is 5.32 Å². The molecular weight excluding hydrogens is 263 g/mol. The van der Waals surface area contributed by atoms with Gasteiger partial charge in [0.25, 0.3) is 0 Å². The fraction of sp³-hybridized carbons (Fsp3) is 0.267. The van der Waals surface area contributed by atoms with Crippen molar-refractivity contribution in [2.45, 2.75) is 24.8 Å². The van der Waals surface area contributed by atoms with Gasteiger partial charge in [0.05, 0.1) is 11.9 Å². The molecule has 98 valence electrons. The topological polar surface area (TPSA) is 24.9 Å². The summed E-state index contributed by atoms with van der Waals surface area (Å²) in [4.78, 5) is 3.63. The summed E-state index contributed by atoms with van der Waals surface area (Å²) in [5, 5.41) is 4.19. The Balaban J connectivity index is 1.58. The summed E-state index contributed by atoms with van der Waals surface area (Å²) < 4.78 is 12.7. The van der Waals surface area contributed by atoms with Gasteiger partial charge in [-0.25, -0.2) is 4.98 Å². The van der Waals surface area contributed by atoms with Gasteiger partial charge in [0.15, 0.2) is 0 Å². The molecule has 1 heterocycles. The summed E-state index contributed by atoms with van der Waals surface area (Å²) in [5.41, 5.74) is 2.09. The summed E-state index contributed by atoms with van der Waals surface area (Å²) >= 11 is 6.19. The zero-order valence-electron chi connectivity index (χ0n) is 10.3. The molecule has 1 aromatic carbocycles. The van der Waals surface area contributed by atoms with E-state index in [0.717, 1.165) is 23.6 Å². The lowest BCUT2D eigenvalue weighted by molar-refractivity contribution is 0.374. The summed E-state index contributed by atoms with van der Waals surface area (Å²) in [6.45, 7) is 0. The van der Waals surface area contributed by atoms with Crippen LogP contribution in [0, 0.1) is 5.95 Å². The number of rotatable bonds is 3. The van der Waals surface area contributed by atoms with Gasteiger partial charge >= 0.3 is 0 Å². The molecule has 1 N–H and O–H groups in total. The highest BCUT2D eigenvalue weighted by Gasteiger charge is 2.31. The molecule has 3 rings (SSSR count). The van der Waals surface area contributed by atoms with Crippen LogP contribution in [0.5, 0.6) is 0 Å². The predicted octanol–water partition coefficient (Wildman–Crippen LogP) is 4.23. The number of aromatic nitrogens is 1. The third-order valence-electron chi connectivity index (χ3n) is 3.58. The Labute approximate surface area is 116 Å². The van der Waals surface area contributed by atoms with Crippen LogP contribution in [0.1, 0.15) is 24.3 Å². The first-order valence-corrected chi connectivity index (χ1v) is 6.72. The number of nitrogens with zero attached hydrogens (tertiary/aromatic N) is 1. The third-order valence-corrected chi connectivity index (χ3v) is 3.93. The van der Waals surface area contributed by atoms with Gasteiger partial charge in [-0.1, -0.05) is 29.8 Å². The maximum Gasteiger partial charge on any atom is 0.212 e. The van der Waals surface area contributed by atoms with E-state index in [1.54, 1.807) is 6.07 Å². The Bertz CT molecular complexity index is 565. The van der Waals surface area contributed by atoms with Gasteiger partial charge in [-0.2, -0.15) is 4.39 Å². The van der Waals surface area contributed by atoms with Gasteiger partial charge in [-0.3, -0.25) is 0 Å². The van der Waals surface area contributed by atoms with Crippen molar-refractivity contribution in [3.63, 3.8) is 0 Å². The lowest BCUT2D eigenvalue weighted by atomic mass is 9.76. The van der Waals surface area contributed by atoms with Crippen LogP contribution in [0.3, 0.4) is 0 Å². The van der Waals surface area contributed by atoms with Gasteiger partial charge < -0.3 is 5.32 Å². The largest absolute Gasteiger partial charge is 0.381 e. The van der Waals surface area contributed by atoms with E-state index in [1.807, 2.05) is 18.2 Å². The molecule has 1 fully saturated rings. The lowest BCUT2D eigenvalue weighted by Gasteiger charge is -2.37. The maximum absolute atomic E-state index is 12.7. The molecule has 2 nitrogen and oxygen atoms in total. The first-order valence-electron chi connectivity index (χ1n) is 6.35. The molecule has 1 aliphatic rings. The van der Waals surface area contributed by atoms with Crippen molar-refractivity contribution >= 4 is 17.3 Å². The van der Waals surface area contributed by atoms with Crippen molar-refractivity contribution < 1.29 is 4.39 Å². The van der Waals surface area contributed by atoms with E-state index < -0.39 is 5.95 Å². The van der Waals surface area contributed by atoms with E-state index in [0.29, 0.717) is 12.0 Å². The highest BCUT2D eigenvalue weighted by molar-refractivity contribution is 6.31. The summed E-state index contributed by atoms with van der Waals surface area (Å²) in [6, 6.07) is 11.5. The van der Waals surface area contributed by atoms with Crippen molar-refractivity contribution in [2.24, 2.45) is 0 Å². The van der Waals surface area contributed by atoms with Crippen LogP contribution >= 0.6 is 11.6 Å². The van der Waals surface area contributed by atoms with Crippen molar-refractivity contribution in [3.8, 4) is 0 Å². The van der Waals surface area contributed by atoms with Crippen LogP contribution in [0.2, 0.25) is 5.02 Å². The minimum atomic E-state index is -0.451. The van der Waals surface area contributed by atoms with Crippen LogP contribution in [-0.4, -0.2) is 11.0 Å². The van der Waals surface area contributed by atoms with Gasteiger partial charge in [0.1, 0.15) is 0 Å². The van der Waals surface area contributed by atoms with Crippen LogP contribution < -0.4 is 5.32 Å². The summed E-state index contributed by atoms with van der Waals surface area (Å²) in [7, 11) is 0. The molecule has 4 heteroatoms. The van der Waals surface area contributed by atoms with Gasteiger partial charge in [-0.05, 0) is 42.5 Å². The molecular formula is C15H14ClFN2. The number of hydrogen-bond donors (Lipinski definition) is 1. The number of anilines is 1. The molecule has 2 aromatic rings. The van der Waals surface area contributed by atoms with Gasteiger partial charge in [0.2, 0.25) is 5.95 Å². The van der Waals surface area contributed by atoms with Gasteiger partial charge in [-0.15, -0.1) is 0 Å². The Morgan fingerprint density at radius 2 is 1.95 bits per heavy atom. The Hall–Kier alpha value is -1.61. The Morgan fingerprint density at radius 1 is 1.16 bits per heavy atom. The van der Waals surface area contributed by atoms with Crippen LogP contribution in [0.15, 0.2) is 42.6 Å². The zero-order valence-corrected chi connectivity index (χ0v) is 11.1.